The Morgan fingerprint density at radius 1 is 1.00 bits per heavy atom. The molecule has 2 aliphatic carbocycles. The predicted molar refractivity (Wildman–Crippen MR) is 82.2 cm³/mol. The van der Waals surface area contributed by atoms with Gasteiger partial charge in [-0.3, -0.25) is 9.80 Å². The maximum Gasteiger partial charge on any atom is 0.140 e. The third-order valence-electron chi connectivity index (χ3n) is 5.44. The van der Waals surface area contributed by atoms with Crippen LogP contribution in [0, 0.1) is 0 Å². The van der Waals surface area contributed by atoms with E-state index in [0.29, 0.717) is 5.92 Å². The average Bonchev–Trinajstić information content (AvgIpc) is 3.29. The molecule has 0 unspecified atom stereocenters. The smallest absolute Gasteiger partial charge is 0.140 e. The minimum atomic E-state index is 0.675. The first kappa shape index (κ1) is 13.8. The van der Waals surface area contributed by atoms with Crippen LogP contribution in [-0.2, 0) is 6.54 Å². The molecule has 1 saturated heterocycles. The Labute approximate surface area is 127 Å². The zero-order valence-corrected chi connectivity index (χ0v) is 13.0. The van der Waals surface area contributed by atoms with Crippen molar-refractivity contribution in [1.82, 2.24) is 15.0 Å². The standard InChI is InChI=1S/C17H27N3O/c1-2-4-16(5-3-1)20-10-8-19(9-11-20)13-15-12-17(21-18-15)14-6-7-14/h12,14,16H,1-11,13H2. The molecular weight excluding hydrogens is 262 g/mol. The van der Waals surface area contributed by atoms with E-state index in [9.17, 15) is 0 Å². The lowest BCUT2D eigenvalue weighted by atomic mass is 9.94. The number of piperazine rings is 1. The Hall–Kier alpha value is -0.870. The Morgan fingerprint density at radius 2 is 1.76 bits per heavy atom. The second-order valence-corrected chi connectivity index (χ2v) is 7.10. The van der Waals surface area contributed by atoms with Gasteiger partial charge < -0.3 is 4.52 Å². The molecule has 0 atom stereocenters. The average molecular weight is 289 g/mol. The zero-order valence-electron chi connectivity index (χ0n) is 13.0. The van der Waals surface area contributed by atoms with Crippen molar-refractivity contribution in [2.24, 2.45) is 0 Å². The molecule has 0 spiro atoms. The monoisotopic (exact) mass is 289 g/mol. The first-order valence-corrected chi connectivity index (χ1v) is 8.80. The van der Waals surface area contributed by atoms with E-state index in [1.54, 1.807) is 0 Å². The van der Waals surface area contributed by atoms with E-state index in [4.69, 9.17) is 4.52 Å². The molecule has 0 amide bonds. The van der Waals surface area contributed by atoms with Crippen LogP contribution in [0.25, 0.3) is 0 Å². The molecule has 4 heteroatoms. The molecule has 116 valence electrons. The van der Waals surface area contributed by atoms with Crippen molar-refractivity contribution in [1.29, 1.82) is 0 Å². The van der Waals surface area contributed by atoms with Crippen molar-refractivity contribution in [3.05, 3.63) is 17.5 Å². The zero-order chi connectivity index (χ0) is 14.1. The number of hydrogen-bond acceptors (Lipinski definition) is 4. The van der Waals surface area contributed by atoms with E-state index in [-0.39, 0.29) is 0 Å². The highest BCUT2D eigenvalue weighted by Crippen LogP contribution is 2.40. The summed E-state index contributed by atoms with van der Waals surface area (Å²) in [5.74, 6) is 1.79. The van der Waals surface area contributed by atoms with E-state index in [0.717, 1.165) is 24.0 Å². The van der Waals surface area contributed by atoms with Crippen molar-refractivity contribution < 1.29 is 4.52 Å². The number of aromatic nitrogens is 1. The number of hydrogen-bond donors (Lipinski definition) is 0. The summed E-state index contributed by atoms with van der Waals surface area (Å²) in [4.78, 5) is 5.27. The van der Waals surface area contributed by atoms with Crippen LogP contribution in [-0.4, -0.2) is 47.2 Å². The van der Waals surface area contributed by atoms with Crippen LogP contribution in [0.15, 0.2) is 10.6 Å². The van der Waals surface area contributed by atoms with Crippen LogP contribution in [0.4, 0.5) is 0 Å². The lowest BCUT2D eigenvalue weighted by Gasteiger charge is -2.40. The van der Waals surface area contributed by atoms with Gasteiger partial charge in [0.05, 0.1) is 5.69 Å². The maximum atomic E-state index is 5.46. The van der Waals surface area contributed by atoms with Gasteiger partial charge in [0.15, 0.2) is 0 Å². The highest BCUT2D eigenvalue weighted by molar-refractivity contribution is 5.14. The molecule has 1 aliphatic heterocycles. The van der Waals surface area contributed by atoms with Crippen molar-refractivity contribution in [2.75, 3.05) is 26.2 Å². The Morgan fingerprint density at radius 3 is 2.48 bits per heavy atom. The summed E-state index contributed by atoms with van der Waals surface area (Å²) in [6, 6.07) is 3.06. The van der Waals surface area contributed by atoms with Gasteiger partial charge >= 0.3 is 0 Å². The second kappa shape index (κ2) is 6.09. The molecule has 1 aromatic rings. The van der Waals surface area contributed by atoms with Gasteiger partial charge in [0.2, 0.25) is 0 Å². The highest BCUT2D eigenvalue weighted by atomic mass is 16.5. The highest BCUT2D eigenvalue weighted by Gasteiger charge is 2.29. The van der Waals surface area contributed by atoms with Gasteiger partial charge in [-0.15, -0.1) is 0 Å². The maximum absolute atomic E-state index is 5.46. The molecule has 1 aromatic heterocycles. The summed E-state index contributed by atoms with van der Waals surface area (Å²) in [5.41, 5.74) is 1.13. The fourth-order valence-corrected chi connectivity index (χ4v) is 3.92. The third kappa shape index (κ3) is 3.32. The van der Waals surface area contributed by atoms with Crippen LogP contribution in [0.1, 0.15) is 62.3 Å². The van der Waals surface area contributed by atoms with E-state index in [1.165, 1.54) is 71.1 Å². The van der Waals surface area contributed by atoms with Crippen molar-refractivity contribution in [3.63, 3.8) is 0 Å². The molecule has 21 heavy (non-hydrogen) atoms. The molecule has 2 saturated carbocycles. The van der Waals surface area contributed by atoms with Crippen molar-refractivity contribution in [3.8, 4) is 0 Å². The van der Waals surface area contributed by atoms with Crippen molar-refractivity contribution >= 4 is 0 Å². The Balaban J connectivity index is 1.26. The Bertz CT molecular complexity index is 454. The molecule has 0 aromatic carbocycles. The van der Waals surface area contributed by atoms with Gasteiger partial charge in [-0.05, 0) is 25.7 Å². The van der Waals surface area contributed by atoms with E-state index in [1.807, 2.05) is 0 Å². The minimum absolute atomic E-state index is 0.675. The lowest BCUT2D eigenvalue weighted by molar-refractivity contribution is 0.0744. The molecule has 0 radical (unpaired) electrons. The topological polar surface area (TPSA) is 32.5 Å². The second-order valence-electron chi connectivity index (χ2n) is 7.10. The van der Waals surface area contributed by atoms with Crippen LogP contribution in [0.3, 0.4) is 0 Å². The molecule has 2 heterocycles. The van der Waals surface area contributed by atoms with Gasteiger partial charge in [-0.1, -0.05) is 24.4 Å². The summed E-state index contributed by atoms with van der Waals surface area (Å²) >= 11 is 0. The van der Waals surface area contributed by atoms with Crippen LogP contribution >= 0.6 is 0 Å². The number of rotatable bonds is 4. The molecule has 3 aliphatic rings. The molecule has 4 rings (SSSR count). The fourth-order valence-electron chi connectivity index (χ4n) is 3.92. The summed E-state index contributed by atoms with van der Waals surface area (Å²) in [6.45, 7) is 5.80. The van der Waals surface area contributed by atoms with E-state index >= 15 is 0 Å². The Kier molecular flexibility index (Phi) is 3.99. The fraction of sp³-hybridized carbons (Fsp3) is 0.824. The lowest BCUT2D eigenvalue weighted by Crippen LogP contribution is -2.50. The normalized spacial score (nSPS) is 26.3. The third-order valence-corrected chi connectivity index (χ3v) is 5.44. The SMILES string of the molecule is c1c(CN2CCN(C3CCCCC3)CC2)noc1C1CC1. The number of nitrogens with zero attached hydrogens (tertiary/aromatic N) is 3. The first-order valence-electron chi connectivity index (χ1n) is 8.80. The van der Waals surface area contributed by atoms with Gasteiger partial charge in [0.1, 0.15) is 5.76 Å². The van der Waals surface area contributed by atoms with E-state index < -0.39 is 0 Å². The van der Waals surface area contributed by atoms with E-state index in [2.05, 4.69) is 21.0 Å². The quantitative estimate of drug-likeness (QED) is 0.853. The molecule has 0 N–H and O–H groups in total. The van der Waals surface area contributed by atoms with Crippen LogP contribution in [0.2, 0.25) is 0 Å². The summed E-state index contributed by atoms with van der Waals surface area (Å²) < 4.78 is 5.46. The summed E-state index contributed by atoms with van der Waals surface area (Å²) in [6.07, 6.45) is 9.75. The van der Waals surface area contributed by atoms with Gasteiger partial charge in [0.25, 0.3) is 0 Å². The summed E-state index contributed by atoms with van der Waals surface area (Å²) in [5, 5.41) is 4.25. The summed E-state index contributed by atoms with van der Waals surface area (Å²) in [7, 11) is 0. The van der Waals surface area contributed by atoms with Crippen LogP contribution < -0.4 is 0 Å². The first-order chi connectivity index (χ1) is 10.4. The predicted octanol–water partition coefficient (Wildman–Crippen LogP) is 3.00. The minimum Gasteiger partial charge on any atom is -0.361 e. The molecular formula is C17H27N3O. The molecule has 4 nitrogen and oxygen atoms in total. The van der Waals surface area contributed by atoms with Crippen molar-refractivity contribution in [2.45, 2.75) is 63.5 Å². The molecule has 0 bridgehead atoms. The van der Waals surface area contributed by atoms with Gasteiger partial charge in [-0.2, -0.15) is 0 Å². The van der Waals surface area contributed by atoms with Gasteiger partial charge in [-0.25, -0.2) is 0 Å². The van der Waals surface area contributed by atoms with Gasteiger partial charge in [0, 0.05) is 50.7 Å². The largest absolute Gasteiger partial charge is 0.361 e. The van der Waals surface area contributed by atoms with Crippen LogP contribution in [0.5, 0.6) is 0 Å². The molecule has 3 fully saturated rings.